The summed E-state index contributed by atoms with van der Waals surface area (Å²) in [6.07, 6.45) is 8.93. The van der Waals surface area contributed by atoms with Gasteiger partial charge in [-0.1, -0.05) is 32.1 Å². The number of hydrogen-bond acceptors (Lipinski definition) is 2. The zero-order valence-electron chi connectivity index (χ0n) is 9.37. The molecule has 15 heavy (non-hydrogen) atoms. The van der Waals surface area contributed by atoms with Crippen LogP contribution in [0.3, 0.4) is 0 Å². The zero-order chi connectivity index (χ0) is 10.7. The Bertz CT molecular complexity index is 224. The first-order valence-electron chi connectivity index (χ1n) is 6.30. The van der Waals surface area contributed by atoms with Gasteiger partial charge in [-0.25, -0.2) is 0 Å². The third-order valence-electron chi connectivity index (χ3n) is 3.75. The average Bonchev–Trinajstić information content (AvgIpc) is 2.97. The van der Waals surface area contributed by atoms with Crippen LogP contribution in [0, 0.1) is 11.8 Å². The minimum atomic E-state index is 0.122. The molecule has 0 bridgehead atoms. The number of carbonyl (C=O) groups excluding carboxylic acids is 1. The Morgan fingerprint density at radius 2 is 1.93 bits per heavy atom. The largest absolute Gasteiger partial charge is 0.356 e. The molecule has 0 aromatic carbocycles. The number of amides is 1. The lowest BCUT2D eigenvalue weighted by atomic mass is 9.87. The summed E-state index contributed by atoms with van der Waals surface area (Å²) in [7, 11) is 0. The molecule has 0 spiro atoms. The van der Waals surface area contributed by atoms with Crippen LogP contribution in [0.5, 0.6) is 0 Å². The van der Waals surface area contributed by atoms with Gasteiger partial charge in [-0.2, -0.15) is 0 Å². The lowest BCUT2D eigenvalue weighted by Gasteiger charge is -2.21. The minimum absolute atomic E-state index is 0.122. The molecule has 0 heterocycles. The Morgan fingerprint density at radius 3 is 2.53 bits per heavy atom. The first-order valence-corrected chi connectivity index (χ1v) is 6.30. The molecule has 3 heteroatoms. The van der Waals surface area contributed by atoms with Crippen LogP contribution < -0.4 is 11.1 Å². The van der Waals surface area contributed by atoms with E-state index < -0.39 is 0 Å². The summed E-state index contributed by atoms with van der Waals surface area (Å²) >= 11 is 0. The van der Waals surface area contributed by atoms with Gasteiger partial charge in [0.25, 0.3) is 0 Å². The van der Waals surface area contributed by atoms with Crippen molar-refractivity contribution in [2.75, 3.05) is 6.54 Å². The summed E-state index contributed by atoms with van der Waals surface area (Å²) in [6.45, 7) is 0.854. The van der Waals surface area contributed by atoms with Gasteiger partial charge in [0.2, 0.25) is 5.91 Å². The molecule has 0 saturated heterocycles. The Hall–Kier alpha value is -0.570. The van der Waals surface area contributed by atoms with Gasteiger partial charge >= 0.3 is 0 Å². The van der Waals surface area contributed by atoms with Gasteiger partial charge in [-0.15, -0.1) is 0 Å². The van der Waals surface area contributed by atoms with Crippen molar-refractivity contribution in [2.45, 2.75) is 51.0 Å². The molecule has 3 nitrogen and oxygen atoms in total. The van der Waals surface area contributed by atoms with E-state index in [0.717, 1.165) is 25.3 Å². The van der Waals surface area contributed by atoms with Gasteiger partial charge < -0.3 is 11.1 Å². The summed E-state index contributed by atoms with van der Waals surface area (Å²) in [6, 6.07) is 0.139. The Kier molecular flexibility index (Phi) is 3.62. The lowest BCUT2D eigenvalue weighted by molar-refractivity contribution is -0.122. The van der Waals surface area contributed by atoms with E-state index in [1.54, 1.807) is 0 Å². The van der Waals surface area contributed by atoms with E-state index in [9.17, 15) is 4.79 Å². The first kappa shape index (κ1) is 10.9. The highest BCUT2D eigenvalue weighted by Crippen LogP contribution is 2.28. The molecule has 1 amide bonds. The normalized spacial score (nSPS) is 31.3. The molecule has 86 valence electrons. The second kappa shape index (κ2) is 4.97. The second-order valence-electron chi connectivity index (χ2n) is 5.09. The molecule has 2 aliphatic carbocycles. The molecule has 0 aromatic heterocycles. The predicted octanol–water partition coefficient (Wildman–Crippen LogP) is 1.42. The molecule has 3 N–H and O–H groups in total. The second-order valence-corrected chi connectivity index (χ2v) is 5.09. The molecule has 2 atom stereocenters. The van der Waals surface area contributed by atoms with Crippen molar-refractivity contribution in [2.24, 2.45) is 17.6 Å². The Labute approximate surface area is 91.8 Å². The van der Waals surface area contributed by atoms with Crippen LogP contribution in [0.25, 0.3) is 0 Å². The van der Waals surface area contributed by atoms with Gasteiger partial charge in [0.15, 0.2) is 0 Å². The van der Waals surface area contributed by atoms with Crippen LogP contribution in [0.2, 0.25) is 0 Å². The summed E-state index contributed by atoms with van der Waals surface area (Å²) in [5.74, 6) is 1.15. The average molecular weight is 210 g/mol. The van der Waals surface area contributed by atoms with Crippen molar-refractivity contribution < 1.29 is 4.79 Å². The Balaban J connectivity index is 1.56. The molecular formula is C12H22N2O. The van der Waals surface area contributed by atoms with Crippen molar-refractivity contribution in [3.63, 3.8) is 0 Å². The van der Waals surface area contributed by atoms with Crippen molar-refractivity contribution in [3.8, 4) is 0 Å². The van der Waals surface area contributed by atoms with Gasteiger partial charge in [0.1, 0.15) is 0 Å². The van der Waals surface area contributed by atoms with E-state index in [0.29, 0.717) is 0 Å². The van der Waals surface area contributed by atoms with E-state index in [1.807, 2.05) is 0 Å². The van der Waals surface area contributed by atoms with E-state index in [-0.39, 0.29) is 17.9 Å². The van der Waals surface area contributed by atoms with Crippen LogP contribution in [0.15, 0.2) is 0 Å². The third-order valence-corrected chi connectivity index (χ3v) is 3.75. The number of carbonyl (C=O) groups is 1. The van der Waals surface area contributed by atoms with Crippen molar-refractivity contribution >= 4 is 5.91 Å². The maximum atomic E-state index is 11.5. The van der Waals surface area contributed by atoms with Crippen LogP contribution in [0.4, 0.5) is 0 Å². The summed E-state index contributed by atoms with van der Waals surface area (Å²) in [4.78, 5) is 11.5. The number of nitrogens with one attached hydrogen (secondary N) is 1. The molecule has 0 radical (unpaired) electrons. The van der Waals surface area contributed by atoms with Gasteiger partial charge in [-0.05, 0) is 18.8 Å². The van der Waals surface area contributed by atoms with E-state index in [4.69, 9.17) is 5.73 Å². The number of nitrogens with two attached hydrogens (primary N) is 1. The van der Waals surface area contributed by atoms with Crippen LogP contribution in [-0.4, -0.2) is 18.5 Å². The molecular weight excluding hydrogens is 188 g/mol. The maximum Gasteiger partial charge on any atom is 0.224 e. The summed E-state index contributed by atoms with van der Waals surface area (Å²) in [5, 5.41) is 3.00. The summed E-state index contributed by atoms with van der Waals surface area (Å²) in [5.41, 5.74) is 5.62. The van der Waals surface area contributed by atoms with Crippen molar-refractivity contribution in [1.82, 2.24) is 5.32 Å². The molecule has 2 fully saturated rings. The molecule has 2 saturated carbocycles. The molecule has 0 aromatic rings. The molecule has 2 rings (SSSR count). The van der Waals surface area contributed by atoms with Crippen LogP contribution in [0.1, 0.15) is 44.9 Å². The Morgan fingerprint density at radius 1 is 1.27 bits per heavy atom. The standard InChI is InChI=1S/C12H22N2O/c13-11-8-10(11)12(15)14-7-6-9-4-2-1-3-5-9/h9-11H,1-8,13H2,(H,14,15). The van der Waals surface area contributed by atoms with E-state index in [1.165, 1.54) is 32.1 Å². The number of hydrogen-bond donors (Lipinski definition) is 2. The topological polar surface area (TPSA) is 55.1 Å². The van der Waals surface area contributed by atoms with Crippen molar-refractivity contribution in [1.29, 1.82) is 0 Å². The summed E-state index contributed by atoms with van der Waals surface area (Å²) < 4.78 is 0. The molecule has 2 aliphatic rings. The first-order chi connectivity index (χ1) is 7.27. The highest BCUT2D eigenvalue weighted by atomic mass is 16.2. The third kappa shape index (κ3) is 3.20. The van der Waals surface area contributed by atoms with Gasteiger partial charge in [-0.3, -0.25) is 4.79 Å². The fraction of sp³-hybridized carbons (Fsp3) is 0.917. The van der Waals surface area contributed by atoms with Gasteiger partial charge in [0, 0.05) is 12.6 Å². The highest BCUT2D eigenvalue weighted by molar-refractivity contribution is 5.82. The smallest absolute Gasteiger partial charge is 0.224 e. The zero-order valence-corrected chi connectivity index (χ0v) is 9.37. The molecule has 2 unspecified atom stereocenters. The highest BCUT2D eigenvalue weighted by Gasteiger charge is 2.39. The van der Waals surface area contributed by atoms with Crippen LogP contribution in [-0.2, 0) is 4.79 Å². The molecule has 0 aliphatic heterocycles. The van der Waals surface area contributed by atoms with E-state index in [2.05, 4.69) is 5.32 Å². The minimum Gasteiger partial charge on any atom is -0.356 e. The SMILES string of the molecule is NC1CC1C(=O)NCCC1CCCCC1. The maximum absolute atomic E-state index is 11.5. The predicted molar refractivity (Wildman–Crippen MR) is 60.3 cm³/mol. The fourth-order valence-corrected chi connectivity index (χ4v) is 2.52. The van der Waals surface area contributed by atoms with Crippen LogP contribution >= 0.6 is 0 Å². The quantitative estimate of drug-likeness (QED) is 0.737. The van der Waals surface area contributed by atoms with Gasteiger partial charge in [0.05, 0.1) is 5.92 Å². The van der Waals surface area contributed by atoms with E-state index >= 15 is 0 Å². The monoisotopic (exact) mass is 210 g/mol. The van der Waals surface area contributed by atoms with Crippen molar-refractivity contribution in [3.05, 3.63) is 0 Å². The fourth-order valence-electron chi connectivity index (χ4n) is 2.52. The number of rotatable bonds is 4. The lowest BCUT2D eigenvalue weighted by Crippen LogP contribution is -2.29.